The lowest BCUT2D eigenvalue weighted by atomic mass is 10.2. The smallest absolute Gasteiger partial charge is 0.238 e. The van der Waals surface area contributed by atoms with Crippen LogP contribution >= 0.6 is 0 Å². The lowest BCUT2D eigenvalue weighted by Crippen LogP contribution is -2.33. The number of benzene rings is 1. The average molecular weight is 383 g/mol. The van der Waals surface area contributed by atoms with E-state index in [1.807, 2.05) is 71.8 Å². The van der Waals surface area contributed by atoms with Gasteiger partial charge in [-0.05, 0) is 35.9 Å². The molecule has 0 saturated carbocycles. The third-order valence-corrected chi connectivity index (χ3v) is 4.51. The molecule has 1 N–H and O–H groups in total. The summed E-state index contributed by atoms with van der Waals surface area (Å²) in [4.78, 5) is 27.8. The SMILES string of the molecule is O=C(CN(Cc1cccnc1)Cc1ccccn1)Nc1cccc2cccnc12. The van der Waals surface area contributed by atoms with Crippen molar-refractivity contribution in [2.24, 2.45) is 0 Å². The molecule has 29 heavy (non-hydrogen) atoms. The Bertz CT molecular complexity index is 1040. The molecule has 0 atom stereocenters. The van der Waals surface area contributed by atoms with Gasteiger partial charge in [-0.25, -0.2) is 0 Å². The number of aromatic nitrogens is 3. The molecule has 3 heterocycles. The predicted molar refractivity (Wildman–Crippen MR) is 113 cm³/mol. The number of hydrogen-bond acceptors (Lipinski definition) is 5. The molecule has 0 radical (unpaired) electrons. The summed E-state index contributed by atoms with van der Waals surface area (Å²) < 4.78 is 0. The van der Waals surface area contributed by atoms with Crippen LogP contribution in [0.1, 0.15) is 11.3 Å². The number of hydrogen-bond donors (Lipinski definition) is 1. The summed E-state index contributed by atoms with van der Waals surface area (Å²) in [5, 5.41) is 4.00. The van der Waals surface area contributed by atoms with E-state index in [4.69, 9.17) is 0 Å². The van der Waals surface area contributed by atoms with Crippen LogP contribution in [-0.2, 0) is 17.9 Å². The molecule has 6 nitrogen and oxygen atoms in total. The van der Waals surface area contributed by atoms with Gasteiger partial charge in [-0.2, -0.15) is 0 Å². The second kappa shape index (κ2) is 9.03. The second-order valence-corrected chi connectivity index (χ2v) is 6.76. The Hall–Kier alpha value is -3.64. The third kappa shape index (κ3) is 5.00. The van der Waals surface area contributed by atoms with Crippen molar-refractivity contribution < 1.29 is 4.79 Å². The van der Waals surface area contributed by atoms with Crippen molar-refractivity contribution in [3.8, 4) is 0 Å². The van der Waals surface area contributed by atoms with Crippen LogP contribution in [0.15, 0.2) is 85.5 Å². The molecule has 4 aromatic rings. The molecule has 4 rings (SSSR count). The molecular weight excluding hydrogens is 362 g/mol. The summed E-state index contributed by atoms with van der Waals surface area (Å²) in [7, 11) is 0. The van der Waals surface area contributed by atoms with Crippen molar-refractivity contribution in [3.05, 3.63) is 96.7 Å². The molecule has 0 aliphatic carbocycles. The van der Waals surface area contributed by atoms with Crippen molar-refractivity contribution in [1.29, 1.82) is 0 Å². The van der Waals surface area contributed by atoms with E-state index in [9.17, 15) is 4.79 Å². The maximum atomic E-state index is 12.8. The minimum Gasteiger partial charge on any atom is -0.323 e. The van der Waals surface area contributed by atoms with Gasteiger partial charge < -0.3 is 5.32 Å². The maximum absolute atomic E-state index is 12.8. The van der Waals surface area contributed by atoms with E-state index in [1.54, 1.807) is 18.6 Å². The van der Waals surface area contributed by atoms with E-state index in [-0.39, 0.29) is 12.5 Å². The summed E-state index contributed by atoms with van der Waals surface area (Å²) in [6.07, 6.45) is 7.05. The number of anilines is 1. The highest BCUT2D eigenvalue weighted by atomic mass is 16.2. The van der Waals surface area contributed by atoms with Crippen LogP contribution < -0.4 is 5.32 Å². The molecule has 0 bridgehead atoms. The van der Waals surface area contributed by atoms with Crippen molar-refractivity contribution in [2.75, 3.05) is 11.9 Å². The molecule has 144 valence electrons. The van der Waals surface area contributed by atoms with Gasteiger partial charge >= 0.3 is 0 Å². The van der Waals surface area contributed by atoms with Crippen molar-refractivity contribution in [3.63, 3.8) is 0 Å². The molecular formula is C23H21N5O. The number of carbonyl (C=O) groups is 1. The first-order valence-electron chi connectivity index (χ1n) is 9.43. The maximum Gasteiger partial charge on any atom is 0.238 e. The summed E-state index contributed by atoms with van der Waals surface area (Å²) >= 11 is 0. The Morgan fingerprint density at radius 1 is 0.862 bits per heavy atom. The zero-order valence-electron chi connectivity index (χ0n) is 15.9. The fourth-order valence-corrected chi connectivity index (χ4v) is 3.24. The summed E-state index contributed by atoms with van der Waals surface area (Å²) in [6, 6.07) is 19.3. The van der Waals surface area contributed by atoms with Crippen molar-refractivity contribution in [2.45, 2.75) is 13.1 Å². The fraction of sp³-hybridized carbons (Fsp3) is 0.130. The number of fused-ring (bicyclic) bond motifs is 1. The highest BCUT2D eigenvalue weighted by Gasteiger charge is 2.14. The number of rotatable bonds is 7. The number of amides is 1. The second-order valence-electron chi connectivity index (χ2n) is 6.76. The van der Waals surface area contributed by atoms with Gasteiger partial charge in [0.1, 0.15) is 0 Å². The Balaban J connectivity index is 1.50. The number of para-hydroxylation sites is 1. The quantitative estimate of drug-likeness (QED) is 0.527. The van der Waals surface area contributed by atoms with Gasteiger partial charge in [0.25, 0.3) is 0 Å². The lowest BCUT2D eigenvalue weighted by Gasteiger charge is -2.21. The van der Waals surface area contributed by atoms with Crippen LogP contribution in [0.25, 0.3) is 10.9 Å². The van der Waals surface area contributed by atoms with Gasteiger partial charge in [0.2, 0.25) is 5.91 Å². The Kier molecular flexibility index (Phi) is 5.83. The molecule has 0 fully saturated rings. The highest BCUT2D eigenvalue weighted by molar-refractivity contribution is 6.00. The van der Waals surface area contributed by atoms with E-state index in [1.165, 1.54) is 0 Å². The minimum atomic E-state index is -0.0945. The molecule has 0 unspecified atom stereocenters. The number of carbonyl (C=O) groups excluding carboxylic acids is 1. The largest absolute Gasteiger partial charge is 0.323 e. The summed E-state index contributed by atoms with van der Waals surface area (Å²) in [6.45, 7) is 1.40. The molecule has 3 aromatic heterocycles. The fourth-order valence-electron chi connectivity index (χ4n) is 3.24. The van der Waals surface area contributed by atoms with Gasteiger partial charge in [-0.3, -0.25) is 24.6 Å². The first kappa shape index (κ1) is 18.7. The minimum absolute atomic E-state index is 0.0945. The number of nitrogens with one attached hydrogen (secondary N) is 1. The van der Waals surface area contributed by atoms with E-state index in [0.29, 0.717) is 18.8 Å². The first-order chi connectivity index (χ1) is 14.3. The predicted octanol–water partition coefficient (Wildman–Crippen LogP) is 3.67. The molecule has 1 aromatic carbocycles. The number of pyridine rings is 3. The van der Waals surface area contributed by atoms with Crippen LogP contribution in [0.5, 0.6) is 0 Å². The van der Waals surface area contributed by atoms with Crippen LogP contribution in [-0.4, -0.2) is 32.3 Å². The van der Waals surface area contributed by atoms with Gasteiger partial charge in [-0.1, -0.05) is 30.3 Å². The molecule has 1 amide bonds. The first-order valence-corrected chi connectivity index (χ1v) is 9.43. The van der Waals surface area contributed by atoms with Crippen LogP contribution in [0, 0.1) is 0 Å². The van der Waals surface area contributed by atoms with Crippen LogP contribution in [0.2, 0.25) is 0 Å². The zero-order chi connectivity index (χ0) is 19.9. The van der Waals surface area contributed by atoms with E-state index in [2.05, 4.69) is 20.3 Å². The highest BCUT2D eigenvalue weighted by Crippen LogP contribution is 2.20. The monoisotopic (exact) mass is 383 g/mol. The van der Waals surface area contributed by atoms with E-state index < -0.39 is 0 Å². The van der Waals surface area contributed by atoms with E-state index >= 15 is 0 Å². The molecule has 6 heteroatoms. The molecule has 0 aliphatic heterocycles. The molecule has 0 saturated heterocycles. The van der Waals surface area contributed by atoms with Crippen LogP contribution in [0.4, 0.5) is 5.69 Å². The number of nitrogens with zero attached hydrogens (tertiary/aromatic N) is 4. The van der Waals surface area contributed by atoms with Gasteiger partial charge in [0, 0.05) is 43.3 Å². The molecule has 0 aliphatic rings. The average Bonchev–Trinajstić information content (AvgIpc) is 2.75. The van der Waals surface area contributed by atoms with Crippen LogP contribution in [0.3, 0.4) is 0 Å². The van der Waals surface area contributed by atoms with Gasteiger partial charge in [-0.15, -0.1) is 0 Å². The zero-order valence-corrected chi connectivity index (χ0v) is 15.9. The Labute approximate surface area is 169 Å². The van der Waals surface area contributed by atoms with Crippen molar-refractivity contribution >= 4 is 22.5 Å². The standard InChI is InChI=1S/C23H21N5O/c29-22(27-21-10-3-7-19-8-5-13-26-23(19)21)17-28(15-18-6-4-11-24-14-18)16-20-9-1-2-12-25-20/h1-14H,15-17H2,(H,27,29). The third-order valence-electron chi connectivity index (χ3n) is 4.51. The van der Waals surface area contributed by atoms with Gasteiger partial charge in [0.05, 0.1) is 23.4 Å². The molecule has 0 spiro atoms. The summed E-state index contributed by atoms with van der Waals surface area (Å²) in [5.41, 5.74) is 3.46. The Morgan fingerprint density at radius 2 is 1.72 bits per heavy atom. The lowest BCUT2D eigenvalue weighted by molar-refractivity contribution is -0.117. The van der Waals surface area contributed by atoms with E-state index in [0.717, 1.165) is 22.2 Å². The van der Waals surface area contributed by atoms with Crippen molar-refractivity contribution in [1.82, 2.24) is 19.9 Å². The Morgan fingerprint density at radius 3 is 2.55 bits per heavy atom. The topological polar surface area (TPSA) is 71.0 Å². The summed E-state index contributed by atoms with van der Waals surface area (Å²) in [5.74, 6) is -0.0945. The normalized spacial score (nSPS) is 10.9. The van der Waals surface area contributed by atoms with Gasteiger partial charge in [0.15, 0.2) is 0 Å².